The Bertz CT molecular complexity index is 719. The molecule has 1 aliphatic heterocycles. The van der Waals surface area contributed by atoms with Gasteiger partial charge in [0.2, 0.25) is 5.91 Å². The Morgan fingerprint density at radius 2 is 1.96 bits per heavy atom. The Morgan fingerprint density at radius 3 is 2.61 bits per heavy atom. The summed E-state index contributed by atoms with van der Waals surface area (Å²) in [5.41, 5.74) is 0.826. The fourth-order valence-electron chi connectivity index (χ4n) is 3.11. The maximum absolute atomic E-state index is 12.5. The van der Waals surface area contributed by atoms with Gasteiger partial charge < -0.3 is 15.0 Å². The molecule has 2 heterocycles. The highest BCUT2D eigenvalue weighted by atomic mass is 35.5. The van der Waals surface area contributed by atoms with Crippen molar-refractivity contribution in [2.24, 2.45) is 5.92 Å². The highest BCUT2D eigenvalue weighted by Crippen LogP contribution is 2.20. The predicted octanol–water partition coefficient (Wildman–Crippen LogP) is 4.22. The molecular formula is C19H26Cl3N3O2S. The largest absolute Gasteiger partial charge is 0.486 e. The van der Waals surface area contributed by atoms with Gasteiger partial charge >= 0.3 is 0 Å². The van der Waals surface area contributed by atoms with Gasteiger partial charge in [0.1, 0.15) is 17.4 Å². The Balaban J connectivity index is 0.00000196. The lowest BCUT2D eigenvalue weighted by molar-refractivity contribution is -0.131. The van der Waals surface area contributed by atoms with E-state index >= 15 is 0 Å². The zero-order valence-corrected chi connectivity index (χ0v) is 18.9. The minimum Gasteiger partial charge on any atom is -0.486 e. The molecule has 1 amide bonds. The van der Waals surface area contributed by atoms with Crippen LogP contribution in [-0.2, 0) is 17.8 Å². The number of halogens is 3. The van der Waals surface area contributed by atoms with Crippen molar-refractivity contribution < 1.29 is 9.53 Å². The smallest absolute Gasteiger partial charge is 0.228 e. The van der Waals surface area contributed by atoms with Crippen LogP contribution in [-0.4, -0.2) is 42.5 Å². The van der Waals surface area contributed by atoms with Crippen LogP contribution in [0, 0.1) is 5.92 Å². The Morgan fingerprint density at radius 1 is 1.29 bits per heavy atom. The van der Waals surface area contributed by atoms with Crippen molar-refractivity contribution in [1.29, 1.82) is 0 Å². The lowest BCUT2D eigenvalue weighted by atomic mass is 9.96. The maximum atomic E-state index is 12.5. The van der Waals surface area contributed by atoms with Crippen LogP contribution >= 0.6 is 47.8 Å². The first-order chi connectivity index (χ1) is 12.6. The number of piperidine rings is 1. The molecule has 1 N–H and O–H groups in total. The zero-order valence-electron chi connectivity index (χ0n) is 15.7. The molecule has 0 spiro atoms. The summed E-state index contributed by atoms with van der Waals surface area (Å²) in [6, 6.07) is 7.25. The second-order valence-electron chi connectivity index (χ2n) is 6.53. The van der Waals surface area contributed by atoms with Crippen molar-refractivity contribution in [3.05, 3.63) is 45.4 Å². The molecule has 5 nitrogen and oxygen atoms in total. The molecule has 0 unspecified atom stereocenters. The van der Waals surface area contributed by atoms with Crippen LogP contribution in [0.4, 0.5) is 0 Å². The molecule has 1 aliphatic rings. The lowest BCUT2D eigenvalue weighted by Crippen LogP contribution is -2.41. The number of benzene rings is 1. The molecule has 156 valence electrons. The van der Waals surface area contributed by atoms with E-state index in [1.165, 1.54) is 11.3 Å². The second-order valence-corrected chi connectivity index (χ2v) is 7.91. The summed E-state index contributed by atoms with van der Waals surface area (Å²) in [5.74, 6) is 1.61. The summed E-state index contributed by atoms with van der Waals surface area (Å²) >= 11 is 7.39. The third kappa shape index (κ3) is 7.41. The number of amides is 1. The van der Waals surface area contributed by atoms with E-state index in [2.05, 4.69) is 10.3 Å². The number of carbonyl (C=O) groups excluding carboxylic acids is 1. The number of aromatic nitrogens is 1. The van der Waals surface area contributed by atoms with E-state index in [1.54, 1.807) is 12.1 Å². The highest BCUT2D eigenvalue weighted by molar-refractivity contribution is 7.09. The molecule has 9 heteroatoms. The molecule has 1 aromatic heterocycles. The SMILES string of the molecule is CNCC1CCN(C(=O)Cc2csc(COc3ccc(Cl)cc3)n2)CC1.Cl.Cl. The number of nitrogens with zero attached hydrogens (tertiary/aromatic N) is 2. The Kier molecular flexibility index (Phi) is 11.2. The van der Waals surface area contributed by atoms with Crippen LogP contribution in [0.1, 0.15) is 23.5 Å². The number of thiazole rings is 1. The summed E-state index contributed by atoms with van der Waals surface area (Å²) < 4.78 is 5.70. The minimum absolute atomic E-state index is 0. The summed E-state index contributed by atoms with van der Waals surface area (Å²) in [5, 5.41) is 6.72. The molecular weight excluding hydrogens is 441 g/mol. The van der Waals surface area contributed by atoms with E-state index in [0.717, 1.165) is 48.9 Å². The highest BCUT2D eigenvalue weighted by Gasteiger charge is 2.22. The van der Waals surface area contributed by atoms with Gasteiger partial charge in [-0.1, -0.05) is 11.6 Å². The molecule has 28 heavy (non-hydrogen) atoms. The maximum Gasteiger partial charge on any atom is 0.228 e. The van der Waals surface area contributed by atoms with Crippen LogP contribution in [0.5, 0.6) is 5.75 Å². The molecule has 0 bridgehead atoms. The summed E-state index contributed by atoms with van der Waals surface area (Å²) in [6.45, 7) is 3.13. The number of ether oxygens (including phenoxy) is 1. The molecule has 0 atom stereocenters. The van der Waals surface area contributed by atoms with Crippen molar-refractivity contribution in [3.63, 3.8) is 0 Å². The number of hydrogen-bond donors (Lipinski definition) is 1. The standard InChI is InChI=1S/C19H24ClN3O2S.2ClH/c1-21-11-14-6-8-23(9-7-14)19(24)10-16-13-26-18(22-16)12-25-17-4-2-15(20)3-5-17;;/h2-5,13-14,21H,6-12H2,1H3;2*1H. The number of nitrogens with one attached hydrogen (secondary N) is 1. The molecule has 0 saturated carbocycles. The third-order valence-corrected chi connectivity index (χ3v) is 5.69. The van der Waals surface area contributed by atoms with Crippen molar-refractivity contribution in [3.8, 4) is 5.75 Å². The lowest BCUT2D eigenvalue weighted by Gasteiger charge is -2.31. The third-order valence-electron chi connectivity index (χ3n) is 4.57. The molecule has 0 radical (unpaired) electrons. The van der Waals surface area contributed by atoms with Crippen LogP contribution in [0.25, 0.3) is 0 Å². The van der Waals surface area contributed by atoms with Crippen molar-refractivity contribution in [2.45, 2.75) is 25.9 Å². The first-order valence-electron chi connectivity index (χ1n) is 8.88. The van der Waals surface area contributed by atoms with Crippen LogP contribution in [0.2, 0.25) is 5.02 Å². The van der Waals surface area contributed by atoms with Gasteiger partial charge in [-0.3, -0.25) is 4.79 Å². The van der Waals surface area contributed by atoms with Crippen LogP contribution < -0.4 is 10.1 Å². The summed E-state index contributed by atoms with van der Waals surface area (Å²) in [7, 11) is 1.98. The molecule has 1 fully saturated rings. The summed E-state index contributed by atoms with van der Waals surface area (Å²) in [4.78, 5) is 19.0. The zero-order chi connectivity index (χ0) is 18.4. The first-order valence-corrected chi connectivity index (χ1v) is 10.1. The van der Waals surface area contributed by atoms with Crippen LogP contribution in [0.15, 0.2) is 29.6 Å². The van der Waals surface area contributed by atoms with E-state index in [4.69, 9.17) is 16.3 Å². The quantitative estimate of drug-likeness (QED) is 0.664. The van der Waals surface area contributed by atoms with Gasteiger partial charge in [-0.2, -0.15) is 0 Å². The van der Waals surface area contributed by atoms with E-state index < -0.39 is 0 Å². The van der Waals surface area contributed by atoms with E-state index in [9.17, 15) is 4.79 Å². The van der Waals surface area contributed by atoms with Gasteiger partial charge in [0.05, 0.1) is 12.1 Å². The Hall–Kier alpha value is -1.05. The number of carbonyl (C=O) groups is 1. The normalized spacial score (nSPS) is 14.1. The number of rotatable bonds is 7. The molecule has 2 aromatic rings. The van der Waals surface area contributed by atoms with Gasteiger partial charge in [0, 0.05) is 23.5 Å². The van der Waals surface area contributed by atoms with E-state index in [1.807, 2.05) is 29.5 Å². The molecule has 1 aromatic carbocycles. The number of likely N-dealkylation sites (tertiary alicyclic amines) is 1. The van der Waals surface area contributed by atoms with Gasteiger partial charge in [-0.25, -0.2) is 4.98 Å². The fourth-order valence-corrected chi connectivity index (χ4v) is 3.95. The second kappa shape index (κ2) is 12.5. The first kappa shape index (κ1) is 25.0. The average molecular weight is 467 g/mol. The van der Waals surface area contributed by atoms with Crippen LogP contribution in [0.3, 0.4) is 0 Å². The minimum atomic E-state index is 0. The molecule has 1 saturated heterocycles. The molecule has 3 rings (SSSR count). The molecule has 0 aliphatic carbocycles. The average Bonchev–Trinajstić information content (AvgIpc) is 3.09. The topological polar surface area (TPSA) is 54.5 Å². The van der Waals surface area contributed by atoms with Gasteiger partial charge in [-0.15, -0.1) is 36.2 Å². The van der Waals surface area contributed by atoms with E-state index in [0.29, 0.717) is 24.0 Å². The van der Waals surface area contributed by atoms with Gasteiger partial charge in [-0.05, 0) is 56.6 Å². The van der Waals surface area contributed by atoms with Crippen molar-refractivity contribution in [1.82, 2.24) is 15.2 Å². The predicted molar refractivity (Wildman–Crippen MR) is 119 cm³/mol. The van der Waals surface area contributed by atoms with Gasteiger partial charge in [0.25, 0.3) is 0 Å². The van der Waals surface area contributed by atoms with Crippen molar-refractivity contribution in [2.75, 3.05) is 26.7 Å². The van der Waals surface area contributed by atoms with E-state index in [-0.39, 0.29) is 30.7 Å². The monoisotopic (exact) mass is 465 g/mol. The fraction of sp³-hybridized carbons (Fsp3) is 0.474. The summed E-state index contributed by atoms with van der Waals surface area (Å²) in [6.07, 6.45) is 2.52. The van der Waals surface area contributed by atoms with Crippen molar-refractivity contribution >= 4 is 53.7 Å². The number of hydrogen-bond acceptors (Lipinski definition) is 5. The van der Waals surface area contributed by atoms with Gasteiger partial charge in [0.15, 0.2) is 0 Å². The Labute approximate surface area is 187 Å².